The van der Waals surface area contributed by atoms with E-state index in [0.29, 0.717) is 23.1 Å². The fourth-order valence-corrected chi connectivity index (χ4v) is 8.93. The van der Waals surface area contributed by atoms with E-state index >= 15 is 0 Å². The maximum absolute atomic E-state index is 14.3. The standard InChI is InChI=1S/C29H35F3N6O2S/c1-19-5-4-7-37(16-19)17-21-9-25(29(30,31)32)24-6-8-38(41(39,40)26(24)10-21)23-11-22(14-33-15-23)28(12-20(2)13-28)27-35-34-18-36(27)3/h9-11,14-15,18-20H,4-8,12-13,16-17H2,1-3H3/t19-,20?,28?/m0/s1. The van der Waals surface area contributed by atoms with Crippen molar-refractivity contribution in [1.82, 2.24) is 24.6 Å². The summed E-state index contributed by atoms with van der Waals surface area (Å²) in [5.41, 5.74) is 0.0825. The minimum atomic E-state index is -4.65. The lowest BCUT2D eigenvalue weighted by atomic mass is 9.59. The fraction of sp³-hybridized carbons (Fsp3) is 0.552. The Morgan fingerprint density at radius 2 is 1.85 bits per heavy atom. The molecule has 220 valence electrons. The van der Waals surface area contributed by atoms with E-state index in [2.05, 4.69) is 33.9 Å². The summed E-state index contributed by atoms with van der Waals surface area (Å²) in [5, 5.41) is 8.41. The average molecular weight is 589 g/mol. The number of piperidine rings is 1. The highest BCUT2D eigenvalue weighted by molar-refractivity contribution is 7.93. The number of likely N-dealkylation sites (tertiary alicyclic amines) is 1. The van der Waals surface area contributed by atoms with Gasteiger partial charge in [-0.3, -0.25) is 14.2 Å². The van der Waals surface area contributed by atoms with Crippen molar-refractivity contribution >= 4 is 15.7 Å². The van der Waals surface area contributed by atoms with Crippen molar-refractivity contribution in [3.05, 3.63) is 65.0 Å². The predicted octanol–water partition coefficient (Wildman–Crippen LogP) is 4.93. The molecule has 12 heteroatoms. The maximum atomic E-state index is 14.3. The number of pyridine rings is 1. The molecule has 2 fully saturated rings. The second-order valence-corrected chi connectivity index (χ2v) is 14.1. The van der Waals surface area contributed by atoms with Crippen molar-refractivity contribution in [2.24, 2.45) is 18.9 Å². The molecule has 4 heterocycles. The average Bonchev–Trinajstić information content (AvgIpc) is 3.32. The summed E-state index contributed by atoms with van der Waals surface area (Å²) < 4.78 is 73.9. The fourth-order valence-electron chi connectivity index (χ4n) is 7.16. The van der Waals surface area contributed by atoms with Crippen molar-refractivity contribution in [2.45, 2.75) is 69.0 Å². The SMILES string of the molecule is CC1CC(c2cncc(N3CCc4c(C(F)(F)F)cc(CN5CCC[C@H](C)C5)cc4S3(=O)=O)c2)(c2nncn2C)C1. The van der Waals surface area contributed by atoms with Gasteiger partial charge in [0, 0.05) is 32.9 Å². The van der Waals surface area contributed by atoms with Gasteiger partial charge in [0.25, 0.3) is 10.0 Å². The summed E-state index contributed by atoms with van der Waals surface area (Å²) in [6.07, 6.45) is 3.84. The molecule has 0 N–H and O–H groups in total. The van der Waals surface area contributed by atoms with E-state index in [1.807, 2.05) is 11.6 Å². The zero-order chi connectivity index (χ0) is 29.2. The van der Waals surface area contributed by atoms with E-state index in [1.54, 1.807) is 18.6 Å². The van der Waals surface area contributed by atoms with E-state index in [9.17, 15) is 21.6 Å². The van der Waals surface area contributed by atoms with Crippen LogP contribution in [0, 0.1) is 11.8 Å². The van der Waals surface area contributed by atoms with Gasteiger partial charge < -0.3 is 4.57 Å². The Kier molecular flexibility index (Phi) is 6.92. The zero-order valence-electron chi connectivity index (χ0n) is 23.5. The third kappa shape index (κ3) is 4.92. The summed E-state index contributed by atoms with van der Waals surface area (Å²) in [4.78, 5) is 6.26. The lowest BCUT2D eigenvalue weighted by molar-refractivity contribution is -0.138. The molecular weight excluding hydrogens is 553 g/mol. The lowest BCUT2D eigenvalue weighted by Gasteiger charge is -2.46. The van der Waals surface area contributed by atoms with Gasteiger partial charge in [0.05, 0.1) is 27.8 Å². The highest BCUT2D eigenvalue weighted by atomic mass is 32.2. The molecule has 1 saturated carbocycles. The van der Waals surface area contributed by atoms with Crippen LogP contribution in [0.5, 0.6) is 0 Å². The number of nitrogens with zero attached hydrogens (tertiary/aromatic N) is 6. The van der Waals surface area contributed by atoms with Crippen LogP contribution < -0.4 is 4.31 Å². The first-order chi connectivity index (χ1) is 19.4. The minimum Gasteiger partial charge on any atom is -0.320 e. The molecule has 0 unspecified atom stereocenters. The molecule has 2 aromatic heterocycles. The van der Waals surface area contributed by atoms with Gasteiger partial charge in [-0.1, -0.05) is 13.8 Å². The summed E-state index contributed by atoms with van der Waals surface area (Å²) in [7, 11) is -2.40. The number of hydrogen-bond donors (Lipinski definition) is 0. The minimum absolute atomic E-state index is 0.0415. The van der Waals surface area contributed by atoms with Crippen molar-refractivity contribution in [1.29, 1.82) is 0 Å². The zero-order valence-corrected chi connectivity index (χ0v) is 24.3. The first kappa shape index (κ1) is 28.1. The van der Waals surface area contributed by atoms with Crippen LogP contribution in [-0.4, -0.2) is 52.7 Å². The Balaban J connectivity index is 1.39. The van der Waals surface area contributed by atoms with Gasteiger partial charge >= 0.3 is 6.18 Å². The monoisotopic (exact) mass is 588 g/mol. The van der Waals surface area contributed by atoms with Gasteiger partial charge in [-0.2, -0.15) is 13.2 Å². The molecule has 0 amide bonds. The van der Waals surface area contributed by atoms with Crippen LogP contribution in [0.2, 0.25) is 0 Å². The van der Waals surface area contributed by atoms with Crippen LogP contribution in [0.3, 0.4) is 0 Å². The second-order valence-electron chi connectivity index (χ2n) is 12.2. The molecule has 41 heavy (non-hydrogen) atoms. The van der Waals surface area contributed by atoms with Crippen LogP contribution in [0.15, 0.2) is 41.8 Å². The van der Waals surface area contributed by atoms with E-state index in [0.717, 1.165) is 56.2 Å². The maximum Gasteiger partial charge on any atom is 0.416 e. The Bertz CT molecular complexity index is 1560. The van der Waals surface area contributed by atoms with Crippen molar-refractivity contribution in [3.8, 4) is 0 Å². The molecule has 1 atom stereocenters. The van der Waals surface area contributed by atoms with Gasteiger partial charge in [0.2, 0.25) is 0 Å². The summed E-state index contributed by atoms with van der Waals surface area (Å²) in [6.45, 7) is 6.03. The van der Waals surface area contributed by atoms with Gasteiger partial charge in [-0.25, -0.2) is 8.42 Å². The number of anilines is 1. The quantitative estimate of drug-likeness (QED) is 0.421. The number of aromatic nitrogens is 4. The number of benzene rings is 1. The van der Waals surface area contributed by atoms with Gasteiger partial charge in [0.1, 0.15) is 12.2 Å². The Morgan fingerprint density at radius 1 is 1.07 bits per heavy atom. The molecule has 6 rings (SSSR count). The number of sulfonamides is 1. The molecule has 3 aromatic rings. The van der Waals surface area contributed by atoms with Crippen molar-refractivity contribution in [2.75, 3.05) is 23.9 Å². The number of halogens is 3. The normalized spacial score (nSPS) is 26.4. The molecule has 0 bridgehead atoms. The van der Waals surface area contributed by atoms with E-state index in [1.165, 1.54) is 16.6 Å². The number of aryl methyl sites for hydroxylation is 1. The highest BCUT2D eigenvalue weighted by Crippen LogP contribution is 2.52. The molecule has 1 saturated heterocycles. The Hall–Kier alpha value is -2.99. The summed E-state index contributed by atoms with van der Waals surface area (Å²) >= 11 is 0. The third-order valence-corrected chi connectivity index (χ3v) is 10.8. The van der Waals surface area contributed by atoms with E-state index in [4.69, 9.17) is 0 Å². The van der Waals surface area contributed by atoms with Crippen LogP contribution >= 0.6 is 0 Å². The second kappa shape index (κ2) is 10.1. The smallest absolute Gasteiger partial charge is 0.320 e. The topological polar surface area (TPSA) is 84.2 Å². The first-order valence-corrected chi connectivity index (χ1v) is 15.6. The molecule has 8 nitrogen and oxygen atoms in total. The van der Waals surface area contributed by atoms with Crippen molar-refractivity contribution < 1.29 is 21.6 Å². The summed E-state index contributed by atoms with van der Waals surface area (Å²) in [5.74, 6) is 1.68. The van der Waals surface area contributed by atoms with Gasteiger partial charge in [-0.05, 0) is 85.4 Å². The first-order valence-electron chi connectivity index (χ1n) is 14.2. The molecule has 0 radical (unpaired) electrons. The van der Waals surface area contributed by atoms with Crippen LogP contribution in [-0.2, 0) is 41.6 Å². The molecular formula is C29H35F3N6O2S. The van der Waals surface area contributed by atoms with Crippen LogP contribution in [0.4, 0.5) is 18.9 Å². The largest absolute Gasteiger partial charge is 0.416 e. The van der Waals surface area contributed by atoms with Gasteiger partial charge in [0.15, 0.2) is 0 Å². The summed E-state index contributed by atoms with van der Waals surface area (Å²) in [6, 6.07) is 4.41. The predicted molar refractivity (Wildman–Crippen MR) is 148 cm³/mol. The number of hydrogen-bond acceptors (Lipinski definition) is 6. The lowest BCUT2D eigenvalue weighted by Crippen LogP contribution is -2.44. The van der Waals surface area contributed by atoms with E-state index in [-0.39, 0.29) is 30.0 Å². The molecule has 0 spiro atoms. The Morgan fingerprint density at radius 3 is 2.51 bits per heavy atom. The van der Waals surface area contributed by atoms with Gasteiger partial charge in [-0.15, -0.1) is 10.2 Å². The Labute approximate surface area is 238 Å². The van der Waals surface area contributed by atoms with Crippen molar-refractivity contribution in [3.63, 3.8) is 0 Å². The number of alkyl halides is 3. The number of rotatable bonds is 5. The van der Waals surface area contributed by atoms with Crippen LogP contribution in [0.25, 0.3) is 0 Å². The van der Waals surface area contributed by atoms with E-state index < -0.39 is 27.2 Å². The molecule has 2 aliphatic heterocycles. The highest BCUT2D eigenvalue weighted by Gasteiger charge is 2.49. The molecule has 1 aromatic carbocycles. The van der Waals surface area contributed by atoms with Crippen LogP contribution in [0.1, 0.15) is 67.6 Å². The third-order valence-electron chi connectivity index (χ3n) is 8.95. The number of fused-ring (bicyclic) bond motifs is 1. The molecule has 1 aliphatic carbocycles. The molecule has 3 aliphatic rings.